The van der Waals surface area contributed by atoms with E-state index in [-0.39, 0.29) is 11.3 Å². The molecule has 0 N–H and O–H groups in total. The van der Waals surface area contributed by atoms with Crippen molar-refractivity contribution in [2.45, 2.75) is 13.3 Å². The average molecular weight is 214 g/mol. The highest BCUT2D eigenvalue weighted by molar-refractivity contribution is 6.67. The van der Waals surface area contributed by atoms with Gasteiger partial charge in [0.2, 0.25) is 0 Å². The third-order valence-corrected chi connectivity index (χ3v) is 2.10. The molecule has 1 aromatic carbocycles. The lowest BCUT2D eigenvalue weighted by Crippen LogP contribution is -1.97. The summed E-state index contributed by atoms with van der Waals surface area (Å²) in [6.45, 7) is 1.78. The fraction of sp³-hybridized carbons (Fsp3) is 0.222. The molecule has 0 aliphatic rings. The van der Waals surface area contributed by atoms with Gasteiger partial charge in [-0.15, -0.1) is 0 Å². The number of hydrogen-bond donors (Lipinski definition) is 0. The van der Waals surface area contributed by atoms with Gasteiger partial charge in [-0.1, -0.05) is 6.92 Å². The van der Waals surface area contributed by atoms with Crippen LogP contribution < -0.4 is 0 Å². The molecule has 0 aliphatic carbocycles. The van der Waals surface area contributed by atoms with Crippen molar-refractivity contribution in [1.29, 1.82) is 0 Å². The molecular formula is C9H8ClNO3. The molecule has 4 nitrogen and oxygen atoms in total. The maximum Gasteiger partial charge on any atom is 0.272 e. The summed E-state index contributed by atoms with van der Waals surface area (Å²) in [6, 6.07) is 4.11. The van der Waals surface area contributed by atoms with E-state index in [4.69, 9.17) is 11.6 Å². The Morgan fingerprint density at radius 3 is 2.64 bits per heavy atom. The van der Waals surface area contributed by atoms with Gasteiger partial charge in [0.15, 0.2) is 0 Å². The molecule has 0 saturated heterocycles. The minimum absolute atomic E-state index is 0.0224. The predicted molar refractivity (Wildman–Crippen MR) is 52.7 cm³/mol. The summed E-state index contributed by atoms with van der Waals surface area (Å²) in [5, 5.41) is 9.95. The molecule has 1 rings (SSSR count). The van der Waals surface area contributed by atoms with Gasteiger partial charge in [-0.3, -0.25) is 14.9 Å². The van der Waals surface area contributed by atoms with Gasteiger partial charge in [0.25, 0.3) is 10.9 Å². The normalized spacial score (nSPS) is 9.86. The van der Waals surface area contributed by atoms with Crippen LogP contribution in [0.2, 0.25) is 0 Å². The standard InChI is InChI=1S/C9H8ClNO3/c1-2-6-5-7(9(10)12)3-4-8(6)11(13)14/h3-5H,2H2,1H3. The number of benzene rings is 1. The van der Waals surface area contributed by atoms with Gasteiger partial charge >= 0.3 is 0 Å². The second kappa shape index (κ2) is 4.19. The summed E-state index contributed by atoms with van der Waals surface area (Å²) in [5.41, 5.74) is 0.824. The summed E-state index contributed by atoms with van der Waals surface area (Å²) < 4.78 is 0. The van der Waals surface area contributed by atoms with Crippen molar-refractivity contribution in [2.24, 2.45) is 0 Å². The van der Waals surface area contributed by atoms with Crippen molar-refractivity contribution in [3.8, 4) is 0 Å². The lowest BCUT2D eigenvalue weighted by atomic mass is 10.1. The van der Waals surface area contributed by atoms with E-state index >= 15 is 0 Å². The average Bonchev–Trinajstić information content (AvgIpc) is 2.16. The minimum atomic E-state index is -0.602. The fourth-order valence-corrected chi connectivity index (χ4v) is 1.29. The van der Waals surface area contributed by atoms with Crippen LogP contribution >= 0.6 is 11.6 Å². The van der Waals surface area contributed by atoms with Gasteiger partial charge in [-0.05, 0) is 30.2 Å². The molecule has 0 unspecified atom stereocenters. The van der Waals surface area contributed by atoms with Gasteiger partial charge in [0.1, 0.15) is 0 Å². The lowest BCUT2D eigenvalue weighted by molar-refractivity contribution is -0.385. The van der Waals surface area contributed by atoms with Gasteiger partial charge in [-0.25, -0.2) is 0 Å². The molecule has 0 aromatic heterocycles. The molecular weight excluding hydrogens is 206 g/mol. The van der Waals surface area contributed by atoms with E-state index in [9.17, 15) is 14.9 Å². The van der Waals surface area contributed by atoms with Gasteiger partial charge < -0.3 is 0 Å². The number of halogens is 1. The molecule has 1 aromatic rings. The number of aryl methyl sites for hydroxylation is 1. The predicted octanol–water partition coefficient (Wildman–Crippen LogP) is 2.54. The molecule has 0 aliphatic heterocycles. The zero-order chi connectivity index (χ0) is 10.7. The van der Waals surface area contributed by atoms with E-state index in [1.165, 1.54) is 18.2 Å². The first-order chi connectivity index (χ1) is 6.56. The fourth-order valence-electron chi connectivity index (χ4n) is 1.17. The monoisotopic (exact) mass is 213 g/mol. The number of nitro benzene ring substituents is 1. The van der Waals surface area contributed by atoms with E-state index in [0.717, 1.165) is 0 Å². The lowest BCUT2D eigenvalue weighted by Gasteiger charge is -2.00. The highest BCUT2D eigenvalue weighted by atomic mass is 35.5. The number of nitrogens with zero attached hydrogens (tertiary/aromatic N) is 1. The number of nitro groups is 1. The van der Waals surface area contributed by atoms with Crippen LogP contribution in [0, 0.1) is 10.1 Å². The summed E-state index contributed by atoms with van der Waals surface area (Å²) >= 11 is 5.26. The van der Waals surface area contributed by atoms with Gasteiger partial charge in [0, 0.05) is 17.2 Å². The first-order valence-electron chi connectivity index (χ1n) is 4.03. The second-order valence-electron chi connectivity index (χ2n) is 2.73. The Balaban J connectivity index is 3.25. The highest BCUT2D eigenvalue weighted by Crippen LogP contribution is 2.21. The van der Waals surface area contributed by atoms with Gasteiger partial charge in [0.05, 0.1) is 4.92 Å². The highest BCUT2D eigenvalue weighted by Gasteiger charge is 2.14. The maximum atomic E-state index is 10.8. The third-order valence-electron chi connectivity index (χ3n) is 1.88. The van der Waals surface area contributed by atoms with Gasteiger partial charge in [-0.2, -0.15) is 0 Å². The molecule has 74 valence electrons. The maximum absolute atomic E-state index is 10.8. The molecule has 0 fully saturated rings. The largest absolute Gasteiger partial charge is 0.276 e. The molecule has 14 heavy (non-hydrogen) atoms. The van der Waals surface area contributed by atoms with Crippen LogP contribution in [0.25, 0.3) is 0 Å². The van der Waals surface area contributed by atoms with Crippen LogP contribution in [0.4, 0.5) is 5.69 Å². The quantitative estimate of drug-likeness (QED) is 0.440. The van der Waals surface area contributed by atoms with Crippen LogP contribution in [0.1, 0.15) is 22.8 Å². The second-order valence-corrected chi connectivity index (χ2v) is 3.07. The van der Waals surface area contributed by atoms with Crippen LogP contribution in [-0.4, -0.2) is 10.2 Å². The molecule has 5 heteroatoms. The van der Waals surface area contributed by atoms with Crippen molar-refractivity contribution in [2.75, 3.05) is 0 Å². The van der Waals surface area contributed by atoms with E-state index in [2.05, 4.69) is 0 Å². The number of rotatable bonds is 3. The summed E-state index contributed by atoms with van der Waals surface area (Å²) in [5.74, 6) is 0. The van der Waals surface area contributed by atoms with E-state index in [0.29, 0.717) is 12.0 Å². The van der Waals surface area contributed by atoms with E-state index < -0.39 is 10.2 Å². The zero-order valence-electron chi connectivity index (χ0n) is 7.49. The topological polar surface area (TPSA) is 60.2 Å². The SMILES string of the molecule is CCc1cc(C(=O)Cl)ccc1[N+](=O)[O-]. The Morgan fingerprint density at radius 2 is 2.21 bits per heavy atom. The molecule has 0 atom stereocenters. The molecule has 0 amide bonds. The first-order valence-corrected chi connectivity index (χ1v) is 4.41. The first kappa shape index (κ1) is 10.7. The van der Waals surface area contributed by atoms with Crippen LogP contribution in [0.3, 0.4) is 0 Å². The molecule has 0 radical (unpaired) electrons. The van der Waals surface area contributed by atoms with Crippen molar-refractivity contribution < 1.29 is 9.72 Å². The van der Waals surface area contributed by atoms with Crippen LogP contribution in [0.15, 0.2) is 18.2 Å². The van der Waals surface area contributed by atoms with Crippen LogP contribution in [0.5, 0.6) is 0 Å². The molecule has 0 heterocycles. The zero-order valence-corrected chi connectivity index (χ0v) is 8.25. The number of carbonyl (C=O) groups excluding carboxylic acids is 1. The Hall–Kier alpha value is -1.42. The summed E-state index contributed by atoms with van der Waals surface area (Å²) in [7, 11) is 0. The number of carbonyl (C=O) groups is 1. The Kier molecular flexibility index (Phi) is 3.19. The van der Waals surface area contributed by atoms with Crippen molar-refractivity contribution in [3.05, 3.63) is 39.4 Å². The van der Waals surface area contributed by atoms with Crippen molar-refractivity contribution >= 4 is 22.5 Å². The number of hydrogen-bond acceptors (Lipinski definition) is 3. The molecule has 0 bridgehead atoms. The summed E-state index contributed by atoms with van der Waals surface area (Å²) in [6.07, 6.45) is 0.494. The van der Waals surface area contributed by atoms with Crippen molar-refractivity contribution in [1.82, 2.24) is 0 Å². The van der Waals surface area contributed by atoms with E-state index in [1.54, 1.807) is 6.92 Å². The van der Waals surface area contributed by atoms with E-state index in [1.807, 2.05) is 0 Å². The molecule has 0 spiro atoms. The Morgan fingerprint density at radius 1 is 1.57 bits per heavy atom. The smallest absolute Gasteiger partial charge is 0.272 e. The van der Waals surface area contributed by atoms with Crippen LogP contribution in [-0.2, 0) is 6.42 Å². The summed E-state index contributed by atoms with van der Waals surface area (Å²) in [4.78, 5) is 20.9. The van der Waals surface area contributed by atoms with Crippen molar-refractivity contribution in [3.63, 3.8) is 0 Å². The Labute approximate surface area is 85.6 Å². The molecule has 0 saturated carbocycles. The third kappa shape index (κ3) is 2.09. The Bertz CT molecular complexity index is 390. The minimum Gasteiger partial charge on any atom is -0.276 e.